The van der Waals surface area contributed by atoms with E-state index in [4.69, 9.17) is 15.0 Å². The van der Waals surface area contributed by atoms with E-state index in [0.29, 0.717) is 0 Å². The zero-order valence-corrected chi connectivity index (χ0v) is 27.1. The van der Waals surface area contributed by atoms with Crippen LogP contribution in [-0.4, -0.2) is 43.1 Å². The highest BCUT2D eigenvalue weighted by molar-refractivity contribution is 5.87. The van der Waals surface area contributed by atoms with Gasteiger partial charge in [0.05, 0.1) is 33.6 Å². The van der Waals surface area contributed by atoms with Crippen molar-refractivity contribution in [3.8, 4) is 68.3 Å². The number of rotatable bonds is 6. The first-order valence-electron chi connectivity index (χ1n) is 16.6. The summed E-state index contributed by atoms with van der Waals surface area (Å²) in [5.41, 5.74) is 10.5. The second-order valence-electron chi connectivity index (χ2n) is 12.2. The lowest BCUT2D eigenvalue weighted by Gasteiger charge is -2.10. The van der Waals surface area contributed by atoms with Gasteiger partial charge in [0.15, 0.2) is 0 Å². The molecule has 9 heteroatoms. The molecule has 0 spiro atoms. The van der Waals surface area contributed by atoms with E-state index in [1.54, 1.807) is 18.6 Å². The fourth-order valence-electron chi connectivity index (χ4n) is 6.81. The summed E-state index contributed by atoms with van der Waals surface area (Å²) in [5.74, 6) is 2.35. The van der Waals surface area contributed by atoms with Crippen LogP contribution in [0.4, 0.5) is 0 Å². The second-order valence-corrected chi connectivity index (χ2v) is 12.2. The van der Waals surface area contributed by atoms with Gasteiger partial charge in [-0.05, 0) is 91.0 Å². The molecule has 10 aromatic rings. The maximum Gasteiger partial charge on any atom is 0.145 e. The summed E-state index contributed by atoms with van der Waals surface area (Å²) in [5, 5.41) is 0. The van der Waals surface area contributed by atoms with Gasteiger partial charge in [-0.3, -0.25) is 28.2 Å². The summed E-state index contributed by atoms with van der Waals surface area (Å²) < 4.78 is 6.37. The van der Waals surface area contributed by atoms with E-state index in [1.165, 1.54) is 0 Å². The largest absolute Gasteiger partial charge is 0.299 e. The Morgan fingerprint density at radius 1 is 0.333 bits per heavy atom. The predicted molar refractivity (Wildman–Crippen MR) is 199 cm³/mol. The van der Waals surface area contributed by atoms with Crippen molar-refractivity contribution in [1.82, 2.24) is 43.1 Å². The van der Waals surface area contributed by atoms with Gasteiger partial charge in [-0.2, -0.15) is 0 Å². The van der Waals surface area contributed by atoms with Gasteiger partial charge in [0, 0.05) is 53.9 Å². The fraction of sp³-hybridized carbons (Fsp3) is 0. The van der Waals surface area contributed by atoms with E-state index in [0.717, 1.165) is 84.9 Å². The number of hydrogen-bond acceptors (Lipinski definition) is 6. The van der Waals surface area contributed by atoms with Crippen LogP contribution < -0.4 is 0 Å². The van der Waals surface area contributed by atoms with Crippen LogP contribution in [0.25, 0.3) is 84.9 Å². The molecule has 0 atom stereocenters. The average Bonchev–Trinajstić information content (AvgIpc) is 3.91. The third-order valence-corrected chi connectivity index (χ3v) is 9.08. The van der Waals surface area contributed by atoms with Crippen molar-refractivity contribution in [2.45, 2.75) is 0 Å². The number of fused-ring (bicyclic) bond motifs is 3. The van der Waals surface area contributed by atoms with Crippen LogP contribution in [0.2, 0.25) is 0 Å². The number of benzene rings is 1. The van der Waals surface area contributed by atoms with Crippen LogP contribution in [-0.2, 0) is 0 Å². The van der Waals surface area contributed by atoms with E-state index >= 15 is 0 Å². The molecule has 0 N–H and O–H groups in total. The third kappa shape index (κ3) is 4.79. The average molecular weight is 658 g/mol. The van der Waals surface area contributed by atoms with Crippen LogP contribution in [0.15, 0.2) is 165 Å². The second kappa shape index (κ2) is 11.7. The van der Waals surface area contributed by atoms with Crippen LogP contribution in [0, 0.1) is 0 Å². The Bertz CT molecular complexity index is 2530. The Kier molecular flexibility index (Phi) is 6.60. The summed E-state index contributed by atoms with van der Waals surface area (Å²) >= 11 is 0. The molecule has 240 valence electrons. The Labute approximate surface area is 291 Å². The number of aromatic nitrogens is 9. The fourth-order valence-corrected chi connectivity index (χ4v) is 6.81. The molecule has 10 rings (SSSR count). The molecule has 51 heavy (non-hydrogen) atoms. The molecule has 0 amide bonds. The molecular formula is C42H27N9. The Morgan fingerprint density at radius 2 is 0.647 bits per heavy atom. The van der Waals surface area contributed by atoms with Crippen molar-refractivity contribution < 1.29 is 0 Å². The molecule has 0 saturated carbocycles. The van der Waals surface area contributed by atoms with Gasteiger partial charge in [-0.1, -0.05) is 36.4 Å². The molecule has 0 saturated heterocycles. The molecule has 0 radical (unpaired) electrons. The summed E-state index contributed by atoms with van der Waals surface area (Å²) in [6.45, 7) is 0. The number of hydrogen-bond donors (Lipinski definition) is 0. The van der Waals surface area contributed by atoms with Crippen molar-refractivity contribution in [3.63, 3.8) is 0 Å². The minimum atomic E-state index is 0.783. The maximum absolute atomic E-state index is 5.26. The van der Waals surface area contributed by atoms with Gasteiger partial charge in [-0.15, -0.1) is 0 Å². The van der Waals surface area contributed by atoms with Gasteiger partial charge < -0.3 is 0 Å². The minimum absolute atomic E-state index is 0.783. The molecule has 0 bridgehead atoms. The van der Waals surface area contributed by atoms with Gasteiger partial charge >= 0.3 is 0 Å². The molecule has 0 unspecified atom stereocenters. The van der Waals surface area contributed by atoms with Crippen molar-refractivity contribution in [2.24, 2.45) is 0 Å². The normalized spacial score (nSPS) is 11.5. The zero-order valence-electron chi connectivity index (χ0n) is 27.1. The van der Waals surface area contributed by atoms with Gasteiger partial charge in [0.25, 0.3) is 0 Å². The first-order valence-corrected chi connectivity index (χ1v) is 16.6. The summed E-state index contributed by atoms with van der Waals surface area (Å²) in [6.07, 6.45) is 11.5. The summed E-state index contributed by atoms with van der Waals surface area (Å²) in [6, 6.07) is 42.5. The molecule has 9 nitrogen and oxygen atoms in total. The maximum atomic E-state index is 5.26. The highest BCUT2D eigenvalue weighted by atomic mass is 15.1. The summed E-state index contributed by atoms with van der Waals surface area (Å²) in [4.78, 5) is 29.7. The molecule has 0 fully saturated rings. The molecule has 1 aromatic carbocycles. The van der Waals surface area contributed by atoms with E-state index in [9.17, 15) is 0 Å². The third-order valence-electron chi connectivity index (χ3n) is 9.08. The van der Waals surface area contributed by atoms with E-state index in [2.05, 4.69) is 64.6 Å². The SMILES string of the molecule is c1ccc(-c2nc(-c3cc(-c4nc(-c5ccccn5)c5ccccn45)cc(-c4nc(-c5ccccn5)c5ccccn45)c3)n3ccccc23)nc1. The van der Waals surface area contributed by atoms with E-state index in [-0.39, 0.29) is 0 Å². The molecule has 9 heterocycles. The van der Waals surface area contributed by atoms with E-state index < -0.39 is 0 Å². The predicted octanol–water partition coefficient (Wildman–Crippen LogP) is 8.82. The number of imidazole rings is 3. The lowest BCUT2D eigenvalue weighted by Crippen LogP contribution is -1.95. The van der Waals surface area contributed by atoms with Crippen molar-refractivity contribution in [2.75, 3.05) is 0 Å². The van der Waals surface area contributed by atoms with Crippen LogP contribution in [0.3, 0.4) is 0 Å². The highest BCUT2D eigenvalue weighted by Gasteiger charge is 2.22. The first-order chi connectivity index (χ1) is 25.3. The topological polar surface area (TPSA) is 90.6 Å². The van der Waals surface area contributed by atoms with Gasteiger partial charge in [0.1, 0.15) is 34.6 Å². The minimum Gasteiger partial charge on any atom is -0.299 e. The Balaban J connectivity index is 1.26. The monoisotopic (exact) mass is 657 g/mol. The van der Waals surface area contributed by atoms with Gasteiger partial charge in [-0.25, -0.2) is 15.0 Å². The Morgan fingerprint density at radius 3 is 0.941 bits per heavy atom. The molecule has 0 aliphatic carbocycles. The smallest absolute Gasteiger partial charge is 0.145 e. The quantitative estimate of drug-likeness (QED) is 0.178. The van der Waals surface area contributed by atoms with Crippen molar-refractivity contribution in [1.29, 1.82) is 0 Å². The first kappa shape index (κ1) is 28.7. The van der Waals surface area contributed by atoms with Crippen LogP contribution in [0.1, 0.15) is 0 Å². The Hall–Kier alpha value is -7.26. The van der Waals surface area contributed by atoms with Gasteiger partial charge in [0.2, 0.25) is 0 Å². The molecule has 0 aliphatic heterocycles. The lowest BCUT2D eigenvalue weighted by atomic mass is 10.0. The zero-order chi connectivity index (χ0) is 33.7. The molecular weight excluding hydrogens is 631 g/mol. The van der Waals surface area contributed by atoms with Crippen LogP contribution >= 0.6 is 0 Å². The highest BCUT2D eigenvalue weighted by Crippen LogP contribution is 2.37. The van der Waals surface area contributed by atoms with Crippen LogP contribution in [0.5, 0.6) is 0 Å². The molecule has 9 aromatic heterocycles. The van der Waals surface area contributed by atoms with Crippen molar-refractivity contribution >= 4 is 16.6 Å². The summed E-state index contributed by atoms with van der Waals surface area (Å²) in [7, 11) is 0. The molecule has 0 aliphatic rings. The number of pyridine rings is 6. The van der Waals surface area contributed by atoms with E-state index in [1.807, 2.05) is 110 Å². The lowest BCUT2D eigenvalue weighted by molar-refractivity contribution is 1.14. The van der Waals surface area contributed by atoms with Crippen molar-refractivity contribution in [3.05, 3.63) is 165 Å². The number of nitrogens with zero attached hydrogens (tertiary/aromatic N) is 9. The standard InChI is InChI=1S/C42H27N9/c1-7-19-43-31(13-1)37-34-16-4-10-22-49(34)40(46-37)28-25-29(41-47-38(32-14-2-8-20-44-32)35-17-5-11-23-50(35)41)27-30(26-28)42-48-39(33-15-3-9-21-45-33)36-18-6-12-24-51(36)42/h1-27H.